The average molecular weight is 284 g/mol. The molecule has 0 spiro atoms. The molecule has 1 aromatic rings. The number of hydrogen-bond acceptors (Lipinski definition) is 3. The summed E-state index contributed by atoms with van der Waals surface area (Å²) in [6.07, 6.45) is 2.06. The molecule has 6 heteroatoms. The highest BCUT2D eigenvalue weighted by Crippen LogP contribution is 2.14. The summed E-state index contributed by atoms with van der Waals surface area (Å²) in [5, 5.41) is 14.4. The van der Waals surface area contributed by atoms with Crippen molar-refractivity contribution in [3.05, 3.63) is 24.3 Å². The van der Waals surface area contributed by atoms with E-state index >= 15 is 0 Å². The highest BCUT2D eigenvalue weighted by molar-refractivity contribution is 7.84. The molecule has 0 saturated heterocycles. The first-order valence-electron chi connectivity index (χ1n) is 5.97. The number of hydrogen-bond donors (Lipinski definition) is 3. The summed E-state index contributed by atoms with van der Waals surface area (Å²) in [6.45, 7) is 3.68. The molecule has 2 amide bonds. The predicted molar refractivity (Wildman–Crippen MR) is 76.7 cm³/mol. The number of carbonyl (C=O) groups excluding carboxylic acids is 1. The Balaban J connectivity index is 2.67. The summed E-state index contributed by atoms with van der Waals surface area (Å²) < 4.78 is 11.4. The van der Waals surface area contributed by atoms with Crippen molar-refractivity contribution in [2.24, 2.45) is 0 Å². The average Bonchev–Trinajstić information content (AvgIpc) is 2.27. The number of amides is 2. The standard InChI is InChI=1S/C13H20N2O3S/c1-13(2,7-8-16)15-12(17)14-10-5-4-6-11(9-10)19(3)18/h4-6,9,16H,7-8H2,1-3H3,(H2,14,15,17). The zero-order chi connectivity index (χ0) is 14.5. The Hall–Kier alpha value is -1.40. The second-order valence-corrected chi connectivity index (χ2v) is 6.30. The van der Waals surface area contributed by atoms with E-state index in [9.17, 15) is 9.00 Å². The minimum Gasteiger partial charge on any atom is -0.396 e. The van der Waals surface area contributed by atoms with Gasteiger partial charge in [0.2, 0.25) is 0 Å². The summed E-state index contributed by atoms with van der Waals surface area (Å²) in [7, 11) is -1.08. The van der Waals surface area contributed by atoms with Crippen molar-refractivity contribution >= 4 is 22.5 Å². The highest BCUT2D eigenvalue weighted by atomic mass is 32.2. The lowest BCUT2D eigenvalue weighted by atomic mass is 10.0. The molecule has 1 unspecified atom stereocenters. The molecule has 1 atom stereocenters. The van der Waals surface area contributed by atoms with E-state index in [1.165, 1.54) is 0 Å². The molecule has 0 aliphatic heterocycles. The van der Waals surface area contributed by atoms with Crippen molar-refractivity contribution in [3.8, 4) is 0 Å². The van der Waals surface area contributed by atoms with Gasteiger partial charge in [-0.15, -0.1) is 0 Å². The highest BCUT2D eigenvalue weighted by Gasteiger charge is 2.19. The van der Waals surface area contributed by atoms with Gasteiger partial charge < -0.3 is 15.7 Å². The van der Waals surface area contributed by atoms with Crippen molar-refractivity contribution in [2.75, 3.05) is 18.2 Å². The van der Waals surface area contributed by atoms with Crippen LogP contribution in [0.2, 0.25) is 0 Å². The van der Waals surface area contributed by atoms with Gasteiger partial charge in [0.1, 0.15) is 0 Å². The van der Waals surface area contributed by atoms with E-state index in [1.807, 2.05) is 13.8 Å². The molecule has 5 nitrogen and oxygen atoms in total. The fourth-order valence-corrected chi connectivity index (χ4v) is 2.13. The zero-order valence-electron chi connectivity index (χ0n) is 11.4. The number of anilines is 1. The van der Waals surface area contributed by atoms with E-state index in [2.05, 4.69) is 10.6 Å². The summed E-state index contributed by atoms with van der Waals surface area (Å²) in [5.74, 6) is 0. The Labute approximate surface area is 115 Å². The smallest absolute Gasteiger partial charge is 0.319 e. The lowest BCUT2D eigenvalue weighted by molar-refractivity contribution is 0.218. The molecule has 19 heavy (non-hydrogen) atoms. The molecule has 0 heterocycles. The van der Waals surface area contributed by atoms with Gasteiger partial charge in [0.25, 0.3) is 0 Å². The molecule has 1 rings (SSSR count). The molecule has 106 valence electrons. The van der Waals surface area contributed by atoms with Crippen molar-refractivity contribution in [3.63, 3.8) is 0 Å². The van der Waals surface area contributed by atoms with Gasteiger partial charge in [-0.05, 0) is 38.5 Å². The number of aliphatic hydroxyl groups is 1. The quantitative estimate of drug-likeness (QED) is 0.770. The maximum Gasteiger partial charge on any atom is 0.319 e. The third-order valence-electron chi connectivity index (χ3n) is 2.61. The van der Waals surface area contributed by atoms with E-state index in [0.717, 1.165) is 0 Å². The lowest BCUT2D eigenvalue weighted by Crippen LogP contribution is -2.46. The van der Waals surface area contributed by atoms with Gasteiger partial charge in [0, 0.05) is 39.8 Å². The van der Waals surface area contributed by atoms with Crippen LogP contribution in [0.15, 0.2) is 29.2 Å². The van der Waals surface area contributed by atoms with Crippen LogP contribution < -0.4 is 10.6 Å². The Morgan fingerprint density at radius 1 is 1.42 bits per heavy atom. The van der Waals surface area contributed by atoms with Crippen molar-refractivity contribution in [1.82, 2.24) is 5.32 Å². The SMILES string of the molecule is CS(=O)c1cccc(NC(=O)NC(C)(C)CCO)c1. The van der Waals surface area contributed by atoms with Crippen LogP contribution in [0.3, 0.4) is 0 Å². The molecular weight excluding hydrogens is 264 g/mol. The molecule has 0 aliphatic carbocycles. The molecular formula is C13H20N2O3S. The van der Waals surface area contributed by atoms with Crippen molar-refractivity contribution < 1.29 is 14.1 Å². The van der Waals surface area contributed by atoms with Gasteiger partial charge in [-0.2, -0.15) is 0 Å². The first-order chi connectivity index (χ1) is 8.84. The van der Waals surface area contributed by atoms with Gasteiger partial charge in [0.05, 0.1) is 0 Å². The second-order valence-electron chi connectivity index (χ2n) is 4.92. The number of carbonyl (C=O) groups is 1. The Morgan fingerprint density at radius 3 is 2.68 bits per heavy atom. The molecule has 0 aliphatic rings. The predicted octanol–water partition coefficient (Wildman–Crippen LogP) is 1.71. The van der Waals surface area contributed by atoms with Crippen LogP contribution in [-0.2, 0) is 10.8 Å². The molecule has 0 saturated carbocycles. The largest absolute Gasteiger partial charge is 0.396 e. The first-order valence-corrected chi connectivity index (χ1v) is 7.53. The van der Waals surface area contributed by atoms with E-state index in [-0.39, 0.29) is 12.6 Å². The van der Waals surface area contributed by atoms with Gasteiger partial charge in [-0.1, -0.05) is 6.07 Å². The molecule has 1 aromatic carbocycles. The summed E-state index contributed by atoms with van der Waals surface area (Å²) in [6, 6.07) is 6.54. The van der Waals surface area contributed by atoms with E-state index in [0.29, 0.717) is 17.0 Å². The summed E-state index contributed by atoms with van der Waals surface area (Å²) >= 11 is 0. The minimum atomic E-state index is -1.08. The molecule has 0 bridgehead atoms. The third kappa shape index (κ3) is 5.40. The Kier molecular flexibility index (Phi) is 5.50. The summed E-state index contributed by atoms with van der Waals surface area (Å²) in [4.78, 5) is 12.5. The number of nitrogens with one attached hydrogen (secondary N) is 2. The maximum atomic E-state index is 11.8. The Bertz CT molecular complexity index is 475. The number of urea groups is 1. The van der Waals surface area contributed by atoms with Gasteiger partial charge in [-0.3, -0.25) is 4.21 Å². The number of aliphatic hydroxyl groups excluding tert-OH is 1. The fourth-order valence-electron chi connectivity index (χ4n) is 1.56. The van der Waals surface area contributed by atoms with Crippen molar-refractivity contribution in [2.45, 2.75) is 30.7 Å². The van der Waals surface area contributed by atoms with Crippen LogP contribution in [0.25, 0.3) is 0 Å². The van der Waals surface area contributed by atoms with Crippen LogP contribution in [0.4, 0.5) is 10.5 Å². The van der Waals surface area contributed by atoms with Crippen LogP contribution in [0.1, 0.15) is 20.3 Å². The van der Waals surface area contributed by atoms with Crippen LogP contribution in [0.5, 0.6) is 0 Å². The van der Waals surface area contributed by atoms with E-state index < -0.39 is 16.3 Å². The van der Waals surface area contributed by atoms with Gasteiger partial charge in [-0.25, -0.2) is 4.79 Å². The summed E-state index contributed by atoms with van der Waals surface area (Å²) in [5.41, 5.74) is 0.106. The molecule has 3 N–H and O–H groups in total. The van der Waals surface area contributed by atoms with Crippen LogP contribution in [-0.4, -0.2) is 33.7 Å². The monoisotopic (exact) mass is 284 g/mol. The van der Waals surface area contributed by atoms with E-state index in [1.54, 1.807) is 30.5 Å². The topological polar surface area (TPSA) is 78.4 Å². The maximum absolute atomic E-state index is 11.8. The van der Waals surface area contributed by atoms with Crippen molar-refractivity contribution in [1.29, 1.82) is 0 Å². The molecule has 0 aromatic heterocycles. The second kappa shape index (κ2) is 6.68. The third-order valence-corrected chi connectivity index (χ3v) is 3.53. The molecule has 0 fully saturated rings. The number of rotatable bonds is 5. The van der Waals surface area contributed by atoms with Crippen LogP contribution >= 0.6 is 0 Å². The normalized spacial score (nSPS) is 12.8. The first kappa shape index (κ1) is 15.7. The Morgan fingerprint density at radius 2 is 2.11 bits per heavy atom. The lowest BCUT2D eigenvalue weighted by Gasteiger charge is -2.25. The number of benzene rings is 1. The fraction of sp³-hybridized carbons (Fsp3) is 0.462. The van der Waals surface area contributed by atoms with Crippen LogP contribution in [0, 0.1) is 0 Å². The van der Waals surface area contributed by atoms with Gasteiger partial charge >= 0.3 is 6.03 Å². The van der Waals surface area contributed by atoms with Gasteiger partial charge in [0.15, 0.2) is 0 Å². The van der Waals surface area contributed by atoms with E-state index in [4.69, 9.17) is 5.11 Å². The molecule has 0 radical (unpaired) electrons. The zero-order valence-corrected chi connectivity index (χ0v) is 12.2. The minimum absolute atomic E-state index is 0.0115.